The first kappa shape index (κ1) is 16.1. The molecule has 1 aliphatic heterocycles. The monoisotopic (exact) mass is 360 g/mol. The summed E-state index contributed by atoms with van der Waals surface area (Å²) < 4.78 is 0. The minimum absolute atomic E-state index is 0.108. The third-order valence-electron chi connectivity index (χ3n) is 5.63. The van der Waals surface area contributed by atoms with Crippen LogP contribution >= 0.6 is 0 Å². The van der Waals surface area contributed by atoms with Crippen LogP contribution in [0.25, 0.3) is 11.0 Å². The number of hydrogen-bond donors (Lipinski definition) is 1. The molecule has 0 bridgehead atoms. The van der Waals surface area contributed by atoms with Crippen LogP contribution < -0.4 is 10.2 Å². The molecule has 1 N–H and O–H groups in total. The lowest BCUT2D eigenvalue weighted by Gasteiger charge is -2.41. The Morgan fingerprint density at radius 2 is 2.00 bits per heavy atom. The quantitative estimate of drug-likeness (QED) is 0.773. The Bertz CT molecular complexity index is 1040. The summed E-state index contributed by atoms with van der Waals surface area (Å²) in [5.41, 5.74) is 2.11. The summed E-state index contributed by atoms with van der Waals surface area (Å²) in [6.07, 6.45) is 6.79. The largest absolute Gasteiger partial charge is 0.367 e. The topological polar surface area (TPSA) is 83.9 Å². The molecule has 1 aliphatic carbocycles. The first-order chi connectivity index (χ1) is 13.0. The lowest BCUT2D eigenvalue weighted by molar-refractivity contribution is -0.122. The van der Waals surface area contributed by atoms with E-state index in [2.05, 4.69) is 25.3 Å². The van der Waals surface area contributed by atoms with Crippen molar-refractivity contribution < 1.29 is 4.79 Å². The van der Waals surface area contributed by atoms with E-state index in [1.165, 1.54) is 6.33 Å². The molecule has 0 atom stereocenters. The molecule has 0 aromatic carbocycles. The van der Waals surface area contributed by atoms with E-state index in [4.69, 9.17) is 0 Å². The number of rotatable bonds is 3. The van der Waals surface area contributed by atoms with Gasteiger partial charge in [-0.2, -0.15) is 0 Å². The number of aromatic nitrogens is 4. The van der Waals surface area contributed by atoms with E-state index < -0.39 is 5.41 Å². The van der Waals surface area contributed by atoms with Crippen LogP contribution in [-0.2, 0) is 10.2 Å². The molecule has 3 aromatic heterocycles. The zero-order chi connectivity index (χ0) is 18.6. The molecule has 0 radical (unpaired) electrons. The summed E-state index contributed by atoms with van der Waals surface area (Å²) in [7, 11) is 0. The van der Waals surface area contributed by atoms with Crippen LogP contribution in [0.4, 0.5) is 11.6 Å². The summed E-state index contributed by atoms with van der Waals surface area (Å²) in [6.45, 7) is 3.89. The fraction of sp³-hybridized carbons (Fsp3) is 0.350. The number of nitrogens with zero attached hydrogens (tertiary/aromatic N) is 5. The van der Waals surface area contributed by atoms with E-state index in [9.17, 15) is 4.79 Å². The summed E-state index contributed by atoms with van der Waals surface area (Å²) in [5, 5.41) is 3.47. The molecular weight excluding hydrogens is 340 g/mol. The highest BCUT2D eigenvalue weighted by molar-refractivity contribution is 6.07. The Labute approximate surface area is 156 Å². The van der Waals surface area contributed by atoms with Crippen LogP contribution in [0.3, 0.4) is 0 Å². The lowest BCUT2D eigenvalue weighted by Crippen LogP contribution is -2.53. The third kappa shape index (κ3) is 2.45. The SMILES string of the molecule is CC1(C)C(=O)N([C@H]2C[C@H](Nc3ccc4ncccc4n3)C2)c2ncncc21. The average molecular weight is 360 g/mol. The first-order valence-corrected chi connectivity index (χ1v) is 9.16. The Kier molecular flexibility index (Phi) is 3.40. The number of fused-ring (bicyclic) bond motifs is 2. The van der Waals surface area contributed by atoms with Gasteiger partial charge < -0.3 is 5.32 Å². The van der Waals surface area contributed by atoms with Crippen molar-refractivity contribution in [2.24, 2.45) is 0 Å². The first-order valence-electron chi connectivity index (χ1n) is 9.16. The van der Waals surface area contributed by atoms with Crippen LogP contribution in [0, 0.1) is 0 Å². The summed E-state index contributed by atoms with van der Waals surface area (Å²) in [4.78, 5) is 32.2. The van der Waals surface area contributed by atoms with Gasteiger partial charge in [0.25, 0.3) is 0 Å². The van der Waals surface area contributed by atoms with E-state index in [1.54, 1.807) is 12.4 Å². The van der Waals surface area contributed by atoms with Crippen molar-refractivity contribution in [3.8, 4) is 0 Å². The highest BCUT2D eigenvalue weighted by atomic mass is 16.2. The molecule has 27 heavy (non-hydrogen) atoms. The molecule has 5 rings (SSSR count). The number of amides is 1. The molecule has 1 fully saturated rings. The number of carbonyl (C=O) groups is 1. The molecule has 1 saturated carbocycles. The van der Waals surface area contributed by atoms with Crippen molar-refractivity contribution >= 4 is 28.6 Å². The maximum atomic E-state index is 12.9. The zero-order valence-corrected chi connectivity index (χ0v) is 15.3. The van der Waals surface area contributed by atoms with Crippen molar-refractivity contribution in [1.29, 1.82) is 0 Å². The van der Waals surface area contributed by atoms with Crippen LogP contribution in [0.5, 0.6) is 0 Å². The summed E-state index contributed by atoms with van der Waals surface area (Å²) in [6, 6.07) is 8.22. The predicted octanol–water partition coefficient (Wildman–Crippen LogP) is 2.69. The fourth-order valence-electron chi connectivity index (χ4n) is 3.97. The van der Waals surface area contributed by atoms with Crippen molar-refractivity contribution in [3.63, 3.8) is 0 Å². The van der Waals surface area contributed by atoms with Gasteiger partial charge in [-0.05, 0) is 51.0 Å². The van der Waals surface area contributed by atoms with Gasteiger partial charge in [0.2, 0.25) is 5.91 Å². The van der Waals surface area contributed by atoms with Gasteiger partial charge in [0.1, 0.15) is 18.0 Å². The molecule has 136 valence electrons. The van der Waals surface area contributed by atoms with E-state index in [-0.39, 0.29) is 11.9 Å². The predicted molar refractivity (Wildman–Crippen MR) is 103 cm³/mol. The highest BCUT2D eigenvalue weighted by Gasteiger charge is 2.50. The van der Waals surface area contributed by atoms with Gasteiger partial charge in [0.15, 0.2) is 0 Å². The summed E-state index contributed by atoms with van der Waals surface area (Å²) in [5.74, 6) is 1.71. The van der Waals surface area contributed by atoms with Crippen molar-refractivity contribution in [2.45, 2.75) is 44.2 Å². The smallest absolute Gasteiger partial charge is 0.238 e. The summed E-state index contributed by atoms with van der Waals surface area (Å²) >= 11 is 0. The van der Waals surface area contributed by atoms with Crippen molar-refractivity contribution in [3.05, 3.63) is 48.5 Å². The second kappa shape index (κ2) is 5.70. The van der Waals surface area contributed by atoms with Gasteiger partial charge in [-0.3, -0.25) is 14.7 Å². The number of carbonyl (C=O) groups excluding carboxylic acids is 1. The molecule has 3 aromatic rings. The maximum Gasteiger partial charge on any atom is 0.238 e. The highest BCUT2D eigenvalue weighted by Crippen LogP contribution is 2.44. The second-order valence-electron chi connectivity index (χ2n) is 7.76. The fourth-order valence-corrected chi connectivity index (χ4v) is 3.97. The number of pyridine rings is 2. The van der Waals surface area contributed by atoms with Crippen LogP contribution in [-0.4, -0.2) is 37.9 Å². The van der Waals surface area contributed by atoms with E-state index in [1.807, 2.05) is 43.0 Å². The number of anilines is 2. The van der Waals surface area contributed by atoms with E-state index in [0.29, 0.717) is 6.04 Å². The molecule has 0 unspecified atom stereocenters. The zero-order valence-electron chi connectivity index (χ0n) is 15.3. The Balaban J connectivity index is 1.31. The Hall–Kier alpha value is -3.09. The molecule has 0 saturated heterocycles. The Morgan fingerprint density at radius 1 is 1.15 bits per heavy atom. The minimum Gasteiger partial charge on any atom is -0.367 e. The number of hydrogen-bond acceptors (Lipinski definition) is 6. The molecule has 0 spiro atoms. The van der Waals surface area contributed by atoms with E-state index >= 15 is 0 Å². The molecule has 7 nitrogen and oxygen atoms in total. The van der Waals surface area contributed by atoms with Gasteiger partial charge in [-0.15, -0.1) is 0 Å². The Morgan fingerprint density at radius 3 is 2.85 bits per heavy atom. The van der Waals surface area contributed by atoms with Crippen molar-refractivity contribution in [1.82, 2.24) is 19.9 Å². The van der Waals surface area contributed by atoms with Gasteiger partial charge >= 0.3 is 0 Å². The van der Waals surface area contributed by atoms with Crippen LogP contribution in [0.2, 0.25) is 0 Å². The molecule has 4 heterocycles. The van der Waals surface area contributed by atoms with Gasteiger partial charge in [0.05, 0.1) is 16.4 Å². The third-order valence-corrected chi connectivity index (χ3v) is 5.63. The van der Waals surface area contributed by atoms with Crippen molar-refractivity contribution in [2.75, 3.05) is 10.2 Å². The second-order valence-corrected chi connectivity index (χ2v) is 7.76. The normalized spacial score (nSPS) is 23.2. The molecule has 1 amide bonds. The van der Waals surface area contributed by atoms with E-state index in [0.717, 1.165) is 41.1 Å². The standard InChI is InChI=1S/C20H20N6O/c1-20(2)14-10-21-11-23-18(14)26(19(20)27)13-8-12(9-13)24-17-6-5-15-16(25-17)4-3-7-22-15/h3-7,10-13H,8-9H2,1-2H3,(H,24,25)/t12-,13-. The molecular formula is C20H20N6O. The molecule has 2 aliphatic rings. The maximum absolute atomic E-state index is 12.9. The van der Waals surface area contributed by atoms with Crippen LogP contribution in [0.15, 0.2) is 43.0 Å². The lowest BCUT2D eigenvalue weighted by atomic mass is 9.84. The number of nitrogens with one attached hydrogen (secondary N) is 1. The minimum atomic E-state index is -0.567. The van der Waals surface area contributed by atoms with Crippen LogP contribution in [0.1, 0.15) is 32.3 Å². The molecule has 7 heteroatoms. The van der Waals surface area contributed by atoms with Gasteiger partial charge in [0, 0.05) is 30.0 Å². The van der Waals surface area contributed by atoms with Gasteiger partial charge in [-0.1, -0.05) is 0 Å². The average Bonchev–Trinajstić information content (AvgIpc) is 2.85. The van der Waals surface area contributed by atoms with Gasteiger partial charge in [-0.25, -0.2) is 15.0 Å².